The van der Waals surface area contributed by atoms with Gasteiger partial charge in [0.25, 0.3) is 5.91 Å². The minimum atomic E-state index is -0.295. The highest BCUT2D eigenvalue weighted by Gasteiger charge is 2.25. The molecule has 1 aliphatic rings. The summed E-state index contributed by atoms with van der Waals surface area (Å²) in [4.78, 5) is 20.9. The predicted octanol–water partition coefficient (Wildman–Crippen LogP) is 4.95. The van der Waals surface area contributed by atoms with E-state index in [9.17, 15) is 4.79 Å². The number of carbonyl (C=O) groups is 1. The maximum absolute atomic E-state index is 12.6. The molecule has 158 valence electrons. The first-order valence-corrected chi connectivity index (χ1v) is 11.5. The topological polar surface area (TPSA) is 81.9 Å². The third-order valence-corrected chi connectivity index (χ3v) is 6.88. The highest BCUT2D eigenvalue weighted by Crippen LogP contribution is 2.37. The number of benzene rings is 1. The minimum absolute atomic E-state index is 0.295. The Morgan fingerprint density at radius 1 is 1.30 bits per heavy atom. The molecule has 4 rings (SSSR count). The standard InChI is InChI=1S/C22H26IN5O2/c1-13(23)15-4-6-17(7-5-15)28-12-16-10-20(21(30-3)11-19(16)27-28)26-22(29)18-8-9-24-14(2)25-18/h8-13,15,17H,4-7H2,1-3H3,(H,26,29)/t13?,15-,17-. The van der Waals surface area contributed by atoms with Crippen LogP contribution < -0.4 is 10.1 Å². The number of halogens is 1. The molecule has 1 N–H and O–H groups in total. The van der Waals surface area contributed by atoms with Crippen molar-refractivity contribution < 1.29 is 9.53 Å². The van der Waals surface area contributed by atoms with Crippen LogP contribution in [-0.4, -0.2) is 36.7 Å². The van der Waals surface area contributed by atoms with E-state index in [1.807, 2.05) is 12.1 Å². The maximum atomic E-state index is 12.6. The molecule has 0 saturated heterocycles. The van der Waals surface area contributed by atoms with Crippen molar-refractivity contribution in [2.24, 2.45) is 5.92 Å². The molecule has 1 atom stereocenters. The summed E-state index contributed by atoms with van der Waals surface area (Å²) in [5.41, 5.74) is 1.79. The molecule has 7 nitrogen and oxygen atoms in total. The third-order valence-electron chi connectivity index (χ3n) is 5.87. The van der Waals surface area contributed by atoms with Gasteiger partial charge in [0, 0.05) is 27.8 Å². The number of amides is 1. The number of ether oxygens (including phenoxy) is 1. The van der Waals surface area contributed by atoms with E-state index in [0.29, 0.717) is 32.9 Å². The van der Waals surface area contributed by atoms with Crippen LogP contribution in [-0.2, 0) is 0 Å². The molecule has 8 heteroatoms. The van der Waals surface area contributed by atoms with Gasteiger partial charge in [0.05, 0.1) is 24.4 Å². The molecule has 2 aromatic heterocycles. The molecule has 1 fully saturated rings. The van der Waals surface area contributed by atoms with Crippen molar-refractivity contribution in [1.29, 1.82) is 0 Å². The SMILES string of the molecule is COc1cc2nn([C@H]3CC[C@H](C(C)I)CC3)cc2cc1NC(=O)c1ccnc(C)n1. The van der Waals surface area contributed by atoms with Gasteiger partial charge in [-0.25, -0.2) is 9.97 Å². The molecule has 1 aromatic carbocycles. The zero-order valence-electron chi connectivity index (χ0n) is 17.4. The number of carbonyl (C=O) groups excluding carboxylic acids is 1. The van der Waals surface area contributed by atoms with Crippen LogP contribution in [0.4, 0.5) is 5.69 Å². The largest absolute Gasteiger partial charge is 0.494 e. The molecule has 0 radical (unpaired) electrons. The number of alkyl halides is 1. The summed E-state index contributed by atoms with van der Waals surface area (Å²) in [6.07, 6.45) is 8.45. The van der Waals surface area contributed by atoms with Crippen LogP contribution in [0.3, 0.4) is 0 Å². The zero-order valence-corrected chi connectivity index (χ0v) is 19.6. The van der Waals surface area contributed by atoms with Crippen molar-refractivity contribution in [3.05, 3.63) is 42.1 Å². The maximum Gasteiger partial charge on any atom is 0.274 e. The first kappa shape index (κ1) is 21.0. The van der Waals surface area contributed by atoms with Crippen molar-refractivity contribution >= 4 is 45.1 Å². The zero-order chi connectivity index (χ0) is 21.3. The number of rotatable bonds is 5. The quantitative estimate of drug-likeness (QED) is 0.381. The van der Waals surface area contributed by atoms with Crippen LogP contribution in [0.25, 0.3) is 10.9 Å². The Labute approximate surface area is 189 Å². The monoisotopic (exact) mass is 519 g/mol. The highest BCUT2D eigenvalue weighted by molar-refractivity contribution is 14.1. The summed E-state index contributed by atoms with van der Waals surface area (Å²) < 4.78 is 8.32. The van der Waals surface area contributed by atoms with Gasteiger partial charge in [-0.3, -0.25) is 9.48 Å². The van der Waals surface area contributed by atoms with Crippen molar-refractivity contribution in [2.75, 3.05) is 12.4 Å². The van der Waals surface area contributed by atoms with Gasteiger partial charge in [0.1, 0.15) is 17.3 Å². The Hall–Kier alpha value is -2.23. The molecule has 1 unspecified atom stereocenters. The number of aryl methyl sites for hydroxylation is 1. The fraction of sp³-hybridized carbons (Fsp3) is 0.455. The van der Waals surface area contributed by atoms with Crippen LogP contribution in [0, 0.1) is 12.8 Å². The normalized spacial score (nSPS) is 20.1. The minimum Gasteiger partial charge on any atom is -0.494 e. The van der Waals surface area contributed by atoms with E-state index < -0.39 is 0 Å². The second-order valence-electron chi connectivity index (χ2n) is 7.91. The number of nitrogens with one attached hydrogen (secondary N) is 1. The lowest BCUT2D eigenvalue weighted by molar-refractivity contribution is 0.102. The second-order valence-corrected chi connectivity index (χ2v) is 9.87. The summed E-state index contributed by atoms with van der Waals surface area (Å²) in [6, 6.07) is 5.82. The lowest BCUT2D eigenvalue weighted by atomic mass is 9.84. The van der Waals surface area contributed by atoms with E-state index in [0.717, 1.165) is 29.7 Å². The van der Waals surface area contributed by atoms with Crippen LogP contribution in [0.5, 0.6) is 5.75 Å². The fourth-order valence-electron chi connectivity index (χ4n) is 4.12. The van der Waals surface area contributed by atoms with E-state index in [1.165, 1.54) is 12.8 Å². The number of hydrogen-bond acceptors (Lipinski definition) is 5. The smallest absolute Gasteiger partial charge is 0.274 e. The van der Waals surface area contributed by atoms with Crippen molar-refractivity contribution in [2.45, 2.75) is 49.5 Å². The molecular formula is C22H26IN5O2. The fourth-order valence-corrected chi connectivity index (χ4v) is 4.84. The van der Waals surface area contributed by atoms with Crippen LogP contribution >= 0.6 is 22.6 Å². The van der Waals surface area contributed by atoms with Gasteiger partial charge < -0.3 is 10.1 Å². The molecular weight excluding hydrogens is 493 g/mol. The summed E-state index contributed by atoms with van der Waals surface area (Å²) in [5, 5.41) is 8.70. The molecule has 1 amide bonds. The second kappa shape index (κ2) is 8.87. The first-order chi connectivity index (χ1) is 14.4. The summed E-state index contributed by atoms with van der Waals surface area (Å²) in [7, 11) is 1.59. The van der Waals surface area contributed by atoms with Gasteiger partial charge >= 0.3 is 0 Å². The summed E-state index contributed by atoms with van der Waals surface area (Å²) in [5.74, 6) is 1.64. The first-order valence-electron chi connectivity index (χ1n) is 10.3. The average Bonchev–Trinajstić information content (AvgIpc) is 3.16. The molecule has 1 saturated carbocycles. The van der Waals surface area contributed by atoms with Crippen molar-refractivity contribution in [1.82, 2.24) is 19.7 Å². The number of nitrogens with zero attached hydrogens (tertiary/aromatic N) is 4. The third kappa shape index (κ3) is 4.43. The molecule has 30 heavy (non-hydrogen) atoms. The molecule has 0 aliphatic heterocycles. The lowest BCUT2D eigenvalue weighted by Gasteiger charge is -2.30. The van der Waals surface area contributed by atoms with Crippen LogP contribution in [0.2, 0.25) is 0 Å². The Bertz CT molecular complexity index is 1060. The van der Waals surface area contributed by atoms with Crippen LogP contribution in [0.1, 0.15) is 55.0 Å². The van der Waals surface area contributed by atoms with E-state index in [2.05, 4.69) is 55.7 Å². The van der Waals surface area contributed by atoms with Gasteiger partial charge in [-0.15, -0.1) is 0 Å². The number of aromatic nitrogens is 4. The number of fused-ring (bicyclic) bond motifs is 1. The highest BCUT2D eigenvalue weighted by atomic mass is 127. The molecule has 1 aliphatic carbocycles. The van der Waals surface area contributed by atoms with Gasteiger partial charge in [-0.1, -0.05) is 29.5 Å². The Morgan fingerprint density at radius 2 is 2.07 bits per heavy atom. The Kier molecular flexibility index (Phi) is 6.21. The molecule has 2 heterocycles. The number of hydrogen-bond donors (Lipinski definition) is 1. The predicted molar refractivity (Wildman–Crippen MR) is 125 cm³/mol. The number of anilines is 1. The van der Waals surface area contributed by atoms with Crippen molar-refractivity contribution in [3.63, 3.8) is 0 Å². The van der Waals surface area contributed by atoms with Crippen molar-refractivity contribution in [3.8, 4) is 5.75 Å². The van der Waals surface area contributed by atoms with Gasteiger partial charge in [-0.05, 0) is 50.7 Å². The van der Waals surface area contributed by atoms with E-state index in [-0.39, 0.29) is 5.91 Å². The average molecular weight is 519 g/mol. The van der Waals surface area contributed by atoms with Gasteiger partial charge in [0.15, 0.2) is 0 Å². The van der Waals surface area contributed by atoms with E-state index >= 15 is 0 Å². The van der Waals surface area contributed by atoms with E-state index in [1.54, 1.807) is 26.3 Å². The van der Waals surface area contributed by atoms with E-state index in [4.69, 9.17) is 9.84 Å². The van der Waals surface area contributed by atoms with Gasteiger partial charge in [-0.2, -0.15) is 5.10 Å². The Balaban J connectivity index is 1.57. The summed E-state index contributed by atoms with van der Waals surface area (Å²) in [6.45, 7) is 4.06. The van der Waals surface area contributed by atoms with Gasteiger partial charge in [0.2, 0.25) is 0 Å². The number of methoxy groups -OCH3 is 1. The lowest BCUT2D eigenvalue weighted by Crippen LogP contribution is -2.22. The molecule has 0 bridgehead atoms. The summed E-state index contributed by atoms with van der Waals surface area (Å²) >= 11 is 2.54. The molecule has 3 aromatic rings. The Morgan fingerprint density at radius 3 is 2.73 bits per heavy atom. The van der Waals surface area contributed by atoms with Crippen LogP contribution in [0.15, 0.2) is 30.6 Å². The molecule has 0 spiro atoms.